The van der Waals surface area contributed by atoms with Crippen LogP contribution in [0.3, 0.4) is 0 Å². The molecule has 0 spiro atoms. The van der Waals surface area contributed by atoms with Crippen LogP contribution in [0.2, 0.25) is 0 Å². The Morgan fingerprint density at radius 3 is 2.52 bits per heavy atom. The number of rotatable bonds is 9. The average molecular weight is 413 g/mol. The summed E-state index contributed by atoms with van der Waals surface area (Å²) < 4.78 is 24.3. The summed E-state index contributed by atoms with van der Waals surface area (Å²) in [6.45, 7) is 2.00. The van der Waals surface area contributed by atoms with E-state index in [1.165, 1.54) is 0 Å². The molecule has 3 rings (SSSR count). The second kappa shape index (κ2) is 9.47. The molecule has 2 aromatic carbocycles. The highest BCUT2D eigenvalue weighted by Crippen LogP contribution is 2.26. The third-order valence-corrected chi connectivity index (χ3v) is 6.00. The summed E-state index contributed by atoms with van der Waals surface area (Å²) in [6, 6.07) is 16.6. The number of para-hydroxylation sites is 1. The summed E-state index contributed by atoms with van der Waals surface area (Å²) in [4.78, 5) is 16.8. The van der Waals surface area contributed by atoms with E-state index in [-0.39, 0.29) is 5.75 Å². The fourth-order valence-electron chi connectivity index (χ4n) is 2.93. The zero-order valence-electron chi connectivity index (χ0n) is 16.3. The molecule has 1 amide bonds. The summed E-state index contributed by atoms with van der Waals surface area (Å²) >= 11 is 0. The van der Waals surface area contributed by atoms with E-state index in [4.69, 9.17) is 0 Å². The molecule has 0 unspecified atom stereocenters. The number of carbonyl (C=O) groups excluding carboxylic acids is 1. The number of H-pyrrole nitrogens is 1. The summed E-state index contributed by atoms with van der Waals surface area (Å²) in [5, 5.41) is 9.82. The lowest BCUT2D eigenvalue weighted by atomic mass is 10.1. The molecule has 0 saturated heterocycles. The highest BCUT2D eigenvalue weighted by Gasteiger charge is 2.18. The summed E-state index contributed by atoms with van der Waals surface area (Å²) in [5.41, 5.74) is 1.99. The van der Waals surface area contributed by atoms with Crippen LogP contribution in [0, 0.1) is 0 Å². The van der Waals surface area contributed by atoms with Crippen molar-refractivity contribution in [3.63, 3.8) is 0 Å². The maximum atomic E-state index is 12.3. The lowest BCUT2D eigenvalue weighted by Gasteiger charge is -2.09. The first kappa shape index (κ1) is 20.7. The molecule has 1 aromatic heterocycles. The number of nitrogens with zero attached hydrogens (tertiary/aromatic N) is 2. The molecule has 152 valence electrons. The minimum absolute atomic E-state index is 0.0262. The third kappa shape index (κ3) is 5.74. The number of carbonyl (C=O) groups is 1. The summed E-state index contributed by atoms with van der Waals surface area (Å²) in [5.74, 6) is -0.0302. The van der Waals surface area contributed by atoms with Crippen molar-refractivity contribution >= 4 is 21.4 Å². The number of hydrogen-bond acceptors (Lipinski definition) is 5. The van der Waals surface area contributed by atoms with Gasteiger partial charge in [0.05, 0.1) is 11.4 Å². The zero-order chi connectivity index (χ0) is 20.7. The van der Waals surface area contributed by atoms with Crippen molar-refractivity contribution in [1.82, 2.24) is 15.2 Å². The van der Waals surface area contributed by atoms with E-state index in [1.54, 1.807) is 18.2 Å². The number of aromatic nitrogens is 3. The van der Waals surface area contributed by atoms with Gasteiger partial charge in [-0.25, -0.2) is 13.4 Å². The number of aromatic amines is 1. The molecule has 8 heteroatoms. The molecule has 0 bridgehead atoms. The van der Waals surface area contributed by atoms with Crippen molar-refractivity contribution in [2.75, 3.05) is 16.8 Å². The number of anilines is 1. The SMILES string of the molecule is CCCCCS(=O)(=O)CC(=O)Nc1ccccc1-c1nc(-c2ccccc2)n[nH]1. The van der Waals surface area contributed by atoms with Gasteiger partial charge in [-0.1, -0.05) is 62.2 Å². The Hall–Kier alpha value is -3.00. The van der Waals surface area contributed by atoms with Crippen LogP contribution in [-0.4, -0.2) is 41.0 Å². The first-order valence-electron chi connectivity index (χ1n) is 9.56. The average Bonchev–Trinajstić information content (AvgIpc) is 3.19. The van der Waals surface area contributed by atoms with Crippen LogP contribution in [0.4, 0.5) is 5.69 Å². The van der Waals surface area contributed by atoms with Crippen LogP contribution in [0.25, 0.3) is 22.8 Å². The maximum Gasteiger partial charge on any atom is 0.239 e. The predicted octanol–water partition coefficient (Wildman–Crippen LogP) is 3.68. The van der Waals surface area contributed by atoms with Gasteiger partial charge in [0, 0.05) is 11.1 Å². The van der Waals surface area contributed by atoms with Crippen LogP contribution in [-0.2, 0) is 14.6 Å². The van der Waals surface area contributed by atoms with E-state index in [0.717, 1.165) is 18.4 Å². The first-order chi connectivity index (χ1) is 14.0. The number of hydrogen-bond donors (Lipinski definition) is 2. The third-order valence-electron chi connectivity index (χ3n) is 4.38. The molecule has 0 aliphatic rings. The normalized spacial score (nSPS) is 11.3. The number of benzene rings is 2. The standard InChI is InChI=1S/C21H24N4O3S/c1-2-3-9-14-29(27,28)15-19(26)22-18-13-8-7-12-17(18)21-23-20(24-25-21)16-10-5-4-6-11-16/h4-8,10-13H,2-3,9,14-15H2,1H3,(H,22,26)(H,23,24,25). The summed E-state index contributed by atoms with van der Waals surface area (Å²) in [6.07, 6.45) is 2.33. The molecule has 0 aliphatic carbocycles. The molecular formula is C21H24N4O3S. The van der Waals surface area contributed by atoms with Gasteiger partial charge in [0.1, 0.15) is 5.75 Å². The molecule has 1 heterocycles. The summed E-state index contributed by atoms with van der Waals surface area (Å²) in [7, 11) is -3.43. The molecule has 29 heavy (non-hydrogen) atoms. The topological polar surface area (TPSA) is 105 Å². The van der Waals surface area contributed by atoms with E-state index in [0.29, 0.717) is 29.3 Å². The fourth-order valence-corrected chi connectivity index (χ4v) is 4.19. The smallest absolute Gasteiger partial charge is 0.239 e. The molecular weight excluding hydrogens is 388 g/mol. The Morgan fingerprint density at radius 2 is 1.76 bits per heavy atom. The Labute approximate surface area is 170 Å². The van der Waals surface area contributed by atoms with Crippen molar-refractivity contribution in [1.29, 1.82) is 0 Å². The highest BCUT2D eigenvalue weighted by atomic mass is 32.2. The Kier molecular flexibility index (Phi) is 6.77. The largest absolute Gasteiger partial charge is 0.325 e. The zero-order valence-corrected chi connectivity index (χ0v) is 17.1. The van der Waals surface area contributed by atoms with Crippen LogP contribution in [0.5, 0.6) is 0 Å². The predicted molar refractivity (Wildman–Crippen MR) is 114 cm³/mol. The Balaban J connectivity index is 1.74. The number of nitrogens with one attached hydrogen (secondary N) is 2. The second-order valence-electron chi connectivity index (χ2n) is 6.77. The van der Waals surface area contributed by atoms with Crippen LogP contribution in [0.15, 0.2) is 54.6 Å². The number of sulfone groups is 1. The van der Waals surface area contributed by atoms with E-state index in [2.05, 4.69) is 20.5 Å². The molecule has 3 aromatic rings. The number of amides is 1. The van der Waals surface area contributed by atoms with Gasteiger partial charge in [0.2, 0.25) is 5.91 Å². The lowest BCUT2D eigenvalue weighted by Crippen LogP contribution is -2.25. The lowest BCUT2D eigenvalue weighted by molar-refractivity contribution is -0.113. The molecule has 0 saturated carbocycles. The van der Waals surface area contributed by atoms with Crippen molar-refractivity contribution in [3.05, 3.63) is 54.6 Å². The monoisotopic (exact) mass is 412 g/mol. The van der Waals surface area contributed by atoms with Gasteiger partial charge in [0.25, 0.3) is 0 Å². The van der Waals surface area contributed by atoms with Crippen LogP contribution in [0.1, 0.15) is 26.2 Å². The van der Waals surface area contributed by atoms with E-state index in [9.17, 15) is 13.2 Å². The van der Waals surface area contributed by atoms with Gasteiger partial charge in [0.15, 0.2) is 21.5 Å². The van der Waals surface area contributed by atoms with Crippen molar-refractivity contribution in [2.45, 2.75) is 26.2 Å². The van der Waals surface area contributed by atoms with E-state index >= 15 is 0 Å². The fraction of sp³-hybridized carbons (Fsp3) is 0.286. The molecule has 2 N–H and O–H groups in total. The molecule has 0 radical (unpaired) electrons. The van der Waals surface area contributed by atoms with E-state index < -0.39 is 21.5 Å². The van der Waals surface area contributed by atoms with Gasteiger partial charge in [-0.05, 0) is 18.6 Å². The van der Waals surface area contributed by atoms with E-state index in [1.807, 2.05) is 43.3 Å². The van der Waals surface area contributed by atoms with Crippen molar-refractivity contribution < 1.29 is 13.2 Å². The quantitative estimate of drug-likeness (QED) is 0.522. The van der Waals surface area contributed by atoms with Crippen LogP contribution < -0.4 is 5.32 Å². The van der Waals surface area contributed by atoms with Gasteiger partial charge in [-0.2, -0.15) is 5.10 Å². The van der Waals surface area contributed by atoms with Gasteiger partial charge < -0.3 is 5.32 Å². The Bertz CT molecular complexity index is 1060. The highest BCUT2D eigenvalue weighted by molar-refractivity contribution is 7.92. The molecule has 7 nitrogen and oxygen atoms in total. The van der Waals surface area contributed by atoms with Gasteiger partial charge in [-0.15, -0.1) is 0 Å². The van der Waals surface area contributed by atoms with Gasteiger partial charge in [-0.3, -0.25) is 9.89 Å². The minimum Gasteiger partial charge on any atom is -0.325 e. The van der Waals surface area contributed by atoms with Crippen molar-refractivity contribution in [2.24, 2.45) is 0 Å². The molecule has 0 aliphatic heterocycles. The number of unbranched alkanes of at least 4 members (excludes halogenated alkanes) is 2. The minimum atomic E-state index is -3.43. The second-order valence-corrected chi connectivity index (χ2v) is 8.95. The Morgan fingerprint density at radius 1 is 1.03 bits per heavy atom. The first-order valence-corrected chi connectivity index (χ1v) is 11.4. The van der Waals surface area contributed by atoms with Crippen LogP contribution >= 0.6 is 0 Å². The molecule has 0 fully saturated rings. The maximum absolute atomic E-state index is 12.3. The van der Waals surface area contributed by atoms with Gasteiger partial charge >= 0.3 is 0 Å². The van der Waals surface area contributed by atoms with Crippen molar-refractivity contribution in [3.8, 4) is 22.8 Å². The molecule has 0 atom stereocenters.